The molecule has 1 aliphatic heterocycles. The van der Waals surface area contributed by atoms with Crippen molar-refractivity contribution in [2.75, 3.05) is 17.7 Å². The first-order chi connectivity index (χ1) is 15.6. The molecule has 1 atom stereocenters. The molecule has 168 valence electrons. The van der Waals surface area contributed by atoms with Gasteiger partial charge in [0, 0.05) is 23.7 Å². The molecule has 0 radical (unpaired) electrons. The number of thioether (sulfide) groups is 1. The number of hydrogen-bond acceptors (Lipinski definition) is 7. The van der Waals surface area contributed by atoms with Gasteiger partial charge >= 0.3 is 0 Å². The third-order valence-corrected chi connectivity index (χ3v) is 7.62. The summed E-state index contributed by atoms with van der Waals surface area (Å²) in [6.07, 6.45) is 4.74. The minimum atomic E-state index is -0.176. The van der Waals surface area contributed by atoms with Crippen LogP contribution in [0.4, 0.5) is 5.82 Å². The number of anilines is 1. The Balaban J connectivity index is 1.41. The summed E-state index contributed by atoms with van der Waals surface area (Å²) in [5.74, 6) is 0.569. The molecule has 4 rings (SSSR count). The Morgan fingerprint density at radius 2 is 2.34 bits per heavy atom. The van der Waals surface area contributed by atoms with Crippen molar-refractivity contribution in [2.45, 2.75) is 57.5 Å². The molecule has 0 aromatic carbocycles. The normalized spacial score (nSPS) is 15.7. The molecule has 3 aromatic heterocycles. The fourth-order valence-electron chi connectivity index (χ4n) is 3.84. The van der Waals surface area contributed by atoms with Gasteiger partial charge in [-0.05, 0) is 50.1 Å². The molecule has 1 fully saturated rings. The Hall–Kier alpha value is -2.61. The van der Waals surface area contributed by atoms with Crippen molar-refractivity contribution in [1.82, 2.24) is 19.3 Å². The molecule has 32 heavy (non-hydrogen) atoms. The Kier molecular flexibility index (Phi) is 7.29. The van der Waals surface area contributed by atoms with E-state index >= 15 is 0 Å². The van der Waals surface area contributed by atoms with Crippen LogP contribution < -0.4 is 5.32 Å². The second-order valence-electron chi connectivity index (χ2n) is 7.76. The smallest absolute Gasteiger partial charge is 0.235 e. The average molecular weight is 471 g/mol. The number of thiophene rings is 1. The van der Waals surface area contributed by atoms with E-state index in [4.69, 9.17) is 4.74 Å². The Morgan fingerprint density at radius 1 is 1.47 bits per heavy atom. The highest BCUT2D eigenvalue weighted by Gasteiger charge is 2.24. The molecule has 0 saturated carbocycles. The van der Waals surface area contributed by atoms with Gasteiger partial charge in [0.2, 0.25) is 5.91 Å². The van der Waals surface area contributed by atoms with Crippen LogP contribution in [0.5, 0.6) is 0 Å². The van der Waals surface area contributed by atoms with Gasteiger partial charge in [0.25, 0.3) is 0 Å². The van der Waals surface area contributed by atoms with E-state index in [0.29, 0.717) is 23.1 Å². The summed E-state index contributed by atoms with van der Waals surface area (Å²) < 4.78 is 9.75. The van der Waals surface area contributed by atoms with Gasteiger partial charge in [-0.25, -0.2) is 0 Å². The lowest BCUT2D eigenvalue weighted by atomic mass is 10.2. The number of aryl methyl sites for hydroxylation is 2. The maximum absolute atomic E-state index is 12.8. The quantitative estimate of drug-likeness (QED) is 0.478. The summed E-state index contributed by atoms with van der Waals surface area (Å²) in [6, 6.07) is 6.41. The van der Waals surface area contributed by atoms with Crippen molar-refractivity contribution >= 4 is 34.8 Å². The van der Waals surface area contributed by atoms with E-state index in [2.05, 4.69) is 33.0 Å². The second-order valence-corrected chi connectivity index (χ2v) is 9.74. The highest BCUT2D eigenvalue weighted by atomic mass is 32.2. The number of nitrogens with zero attached hydrogens (tertiary/aromatic N) is 5. The van der Waals surface area contributed by atoms with E-state index in [0.717, 1.165) is 43.7 Å². The molecular weight excluding hydrogens is 444 g/mol. The number of carbonyl (C=O) groups excluding carboxylic acids is 1. The first kappa shape index (κ1) is 22.6. The fourth-order valence-corrected chi connectivity index (χ4v) is 5.28. The molecule has 0 bridgehead atoms. The summed E-state index contributed by atoms with van der Waals surface area (Å²) >= 11 is 3.07. The molecule has 0 spiro atoms. The van der Waals surface area contributed by atoms with E-state index in [-0.39, 0.29) is 17.8 Å². The number of amides is 1. The summed E-state index contributed by atoms with van der Waals surface area (Å²) in [5, 5.41) is 23.6. The predicted molar refractivity (Wildman–Crippen MR) is 125 cm³/mol. The SMILES string of the molecule is Cc1c(C#N)c(NC(=O)CSc2nncn2CCc2cccs2)n(CC2CCCO2)c1C. The average Bonchev–Trinajstić information content (AvgIpc) is 3.58. The standard InChI is InChI=1S/C22H26N6O2S2/c1-15-16(2)28(12-17-5-3-9-30-17)21(19(15)11-23)25-20(29)13-32-22-26-24-14-27(22)8-7-18-6-4-10-31-18/h4,6,10,14,17H,3,5,7-9,12-13H2,1-2H3,(H,25,29). The molecule has 8 nitrogen and oxygen atoms in total. The Morgan fingerprint density at radius 3 is 3.06 bits per heavy atom. The number of nitrogens with one attached hydrogen (secondary N) is 1. The van der Waals surface area contributed by atoms with Crippen LogP contribution in [0.1, 0.15) is 34.5 Å². The number of ether oxygens (including phenoxy) is 1. The lowest BCUT2D eigenvalue weighted by Gasteiger charge is -2.16. The molecule has 1 saturated heterocycles. The number of aromatic nitrogens is 4. The number of carbonyl (C=O) groups is 1. The Labute approximate surface area is 195 Å². The maximum Gasteiger partial charge on any atom is 0.235 e. The third kappa shape index (κ3) is 5.06. The number of nitriles is 1. The topological polar surface area (TPSA) is 97.8 Å². The zero-order chi connectivity index (χ0) is 22.5. The largest absolute Gasteiger partial charge is 0.376 e. The van der Waals surface area contributed by atoms with Crippen molar-refractivity contribution in [3.8, 4) is 6.07 Å². The van der Waals surface area contributed by atoms with E-state index in [1.165, 1.54) is 16.6 Å². The van der Waals surface area contributed by atoms with Gasteiger partial charge in [-0.3, -0.25) is 4.79 Å². The van der Waals surface area contributed by atoms with Gasteiger partial charge in [0.1, 0.15) is 18.2 Å². The molecule has 1 amide bonds. The van der Waals surface area contributed by atoms with E-state index in [1.807, 2.05) is 29.0 Å². The fraction of sp³-hybridized carbons (Fsp3) is 0.455. The first-order valence-corrected chi connectivity index (χ1v) is 12.5. The molecular formula is C22H26N6O2S2. The van der Waals surface area contributed by atoms with Crippen molar-refractivity contribution in [3.05, 3.63) is 45.5 Å². The molecule has 3 aromatic rings. The minimum absolute atomic E-state index is 0.110. The highest BCUT2D eigenvalue weighted by molar-refractivity contribution is 7.99. The van der Waals surface area contributed by atoms with Crippen molar-refractivity contribution in [1.29, 1.82) is 5.26 Å². The maximum atomic E-state index is 12.8. The van der Waals surface area contributed by atoms with Crippen LogP contribution in [0.15, 0.2) is 29.0 Å². The zero-order valence-electron chi connectivity index (χ0n) is 18.2. The predicted octanol–water partition coefficient (Wildman–Crippen LogP) is 3.78. The van der Waals surface area contributed by atoms with Crippen molar-refractivity contribution < 1.29 is 9.53 Å². The lowest BCUT2D eigenvalue weighted by molar-refractivity contribution is -0.113. The van der Waals surface area contributed by atoms with Gasteiger partial charge in [-0.15, -0.1) is 21.5 Å². The highest BCUT2D eigenvalue weighted by Crippen LogP contribution is 2.29. The second kappa shape index (κ2) is 10.3. The van der Waals surface area contributed by atoms with Crippen LogP contribution in [-0.2, 0) is 29.0 Å². The molecule has 10 heteroatoms. The van der Waals surface area contributed by atoms with Gasteiger partial charge < -0.3 is 19.2 Å². The molecule has 1 unspecified atom stereocenters. The van der Waals surface area contributed by atoms with Crippen LogP contribution in [0.2, 0.25) is 0 Å². The third-order valence-electron chi connectivity index (χ3n) is 5.70. The summed E-state index contributed by atoms with van der Waals surface area (Å²) in [5.41, 5.74) is 2.38. The summed E-state index contributed by atoms with van der Waals surface area (Å²) in [4.78, 5) is 14.1. The van der Waals surface area contributed by atoms with Gasteiger partial charge in [0.05, 0.1) is 24.0 Å². The van der Waals surface area contributed by atoms with Crippen LogP contribution in [-0.4, -0.2) is 43.7 Å². The van der Waals surface area contributed by atoms with E-state index < -0.39 is 0 Å². The first-order valence-electron chi connectivity index (χ1n) is 10.6. The van der Waals surface area contributed by atoms with E-state index in [1.54, 1.807) is 17.7 Å². The lowest BCUT2D eigenvalue weighted by Crippen LogP contribution is -2.22. The summed E-state index contributed by atoms with van der Waals surface area (Å²) in [6.45, 7) is 6.05. The monoisotopic (exact) mass is 470 g/mol. The van der Waals surface area contributed by atoms with Crippen molar-refractivity contribution in [2.24, 2.45) is 0 Å². The van der Waals surface area contributed by atoms with Gasteiger partial charge in [0.15, 0.2) is 5.16 Å². The van der Waals surface area contributed by atoms with Crippen LogP contribution >= 0.6 is 23.1 Å². The van der Waals surface area contributed by atoms with Gasteiger partial charge in [-0.1, -0.05) is 17.8 Å². The minimum Gasteiger partial charge on any atom is -0.376 e. The Bertz CT molecular complexity index is 1110. The molecule has 1 N–H and O–H groups in total. The van der Waals surface area contributed by atoms with E-state index in [9.17, 15) is 10.1 Å². The molecule has 1 aliphatic rings. The van der Waals surface area contributed by atoms with Crippen molar-refractivity contribution in [3.63, 3.8) is 0 Å². The van der Waals surface area contributed by atoms with Crippen LogP contribution in [0, 0.1) is 25.2 Å². The number of rotatable bonds is 9. The van der Waals surface area contributed by atoms with Crippen LogP contribution in [0.25, 0.3) is 0 Å². The molecule has 0 aliphatic carbocycles. The zero-order valence-corrected chi connectivity index (χ0v) is 19.8. The van der Waals surface area contributed by atoms with Crippen LogP contribution in [0.3, 0.4) is 0 Å². The molecule has 4 heterocycles. The van der Waals surface area contributed by atoms with Gasteiger partial charge in [-0.2, -0.15) is 5.26 Å². The number of hydrogen-bond donors (Lipinski definition) is 1. The summed E-state index contributed by atoms with van der Waals surface area (Å²) in [7, 11) is 0.